The first-order valence-corrected chi connectivity index (χ1v) is 12.3. The van der Waals surface area contributed by atoms with Gasteiger partial charge in [0.1, 0.15) is 17.6 Å². The monoisotopic (exact) mass is 495 g/mol. The van der Waals surface area contributed by atoms with E-state index in [1.165, 1.54) is 16.2 Å². The van der Waals surface area contributed by atoms with E-state index in [0.717, 1.165) is 21.8 Å². The SMILES string of the molecule is Cc1cc(/C(O)=C2/C(=O)C(=O)N(c3ccc(Cl)cc3C)C2c2cccs2)ccc1OCC(C)C. The predicted octanol–water partition coefficient (Wildman–Crippen LogP) is 6.68. The third-order valence-electron chi connectivity index (χ3n) is 5.70. The normalized spacial score (nSPS) is 17.6. The highest BCUT2D eigenvalue weighted by Gasteiger charge is 2.47. The fourth-order valence-electron chi connectivity index (χ4n) is 4.06. The minimum Gasteiger partial charge on any atom is -0.507 e. The van der Waals surface area contributed by atoms with Gasteiger partial charge in [0.15, 0.2) is 0 Å². The van der Waals surface area contributed by atoms with Gasteiger partial charge in [-0.15, -0.1) is 11.3 Å². The predicted molar refractivity (Wildman–Crippen MR) is 137 cm³/mol. The molecule has 1 saturated heterocycles. The molecule has 2 aromatic carbocycles. The van der Waals surface area contributed by atoms with E-state index in [1.54, 1.807) is 36.4 Å². The van der Waals surface area contributed by atoms with Crippen LogP contribution in [0, 0.1) is 19.8 Å². The van der Waals surface area contributed by atoms with Gasteiger partial charge < -0.3 is 9.84 Å². The molecular weight excluding hydrogens is 470 g/mol. The smallest absolute Gasteiger partial charge is 0.300 e. The number of carbonyl (C=O) groups is 2. The Labute approximate surface area is 208 Å². The average Bonchev–Trinajstić information content (AvgIpc) is 3.40. The van der Waals surface area contributed by atoms with Crippen LogP contribution in [0.25, 0.3) is 5.76 Å². The zero-order valence-electron chi connectivity index (χ0n) is 19.5. The van der Waals surface area contributed by atoms with Crippen LogP contribution in [0.5, 0.6) is 5.75 Å². The van der Waals surface area contributed by atoms with Gasteiger partial charge in [0.25, 0.3) is 11.7 Å². The topological polar surface area (TPSA) is 66.8 Å². The number of thiophene rings is 1. The van der Waals surface area contributed by atoms with Gasteiger partial charge in [0.2, 0.25) is 0 Å². The maximum absolute atomic E-state index is 13.3. The minimum absolute atomic E-state index is 0.0667. The molecule has 1 unspecified atom stereocenters. The number of ether oxygens (including phenoxy) is 1. The fraction of sp³-hybridized carbons (Fsp3) is 0.259. The van der Waals surface area contributed by atoms with Crippen LogP contribution < -0.4 is 9.64 Å². The first kappa shape index (κ1) is 24.0. The molecule has 4 rings (SSSR count). The Morgan fingerprint density at radius 3 is 2.50 bits per heavy atom. The Bertz CT molecular complexity index is 1280. The Morgan fingerprint density at radius 1 is 1.12 bits per heavy atom. The summed E-state index contributed by atoms with van der Waals surface area (Å²) in [7, 11) is 0. The van der Waals surface area contributed by atoms with Gasteiger partial charge in [0.05, 0.1) is 12.2 Å². The van der Waals surface area contributed by atoms with Gasteiger partial charge >= 0.3 is 0 Å². The lowest BCUT2D eigenvalue weighted by molar-refractivity contribution is -0.132. The lowest BCUT2D eigenvalue weighted by Gasteiger charge is -2.25. The molecule has 1 aliphatic heterocycles. The molecule has 176 valence electrons. The van der Waals surface area contributed by atoms with Gasteiger partial charge in [-0.3, -0.25) is 14.5 Å². The van der Waals surface area contributed by atoms with Crippen molar-refractivity contribution < 1.29 is 19.4 Å². The van der Waals surface area contributed by atoms with E-state index in [1.807, 2.05) is 31.4 Å². The molecule has 0 radical (unpaired) electrons. The van der Waals surface area contributed by atoms with Crippen LogP contribution in [-0.2, 0) is 9.59 Å². The quantitative estimate of drug-likeness (QED) is 0.235. The first-order chi connectivity index (χ1) is 16.2. The molecule has 0 aliphatic carbocycles. The second kappa shape index (κ2) is 9.65. The Hall–Kier alpha value is -3.09. The van der Waals surface area contributed by atoms with Crippen LogP contribution in [-0.4, -0.2) is 23.4 Å². The zero-order valence-corrected chi connectivity index (χ0v) is 21.0. The third-order valence-corrected chi connectivity index (χ3v) is 6.86. The van der Waals surface area contributed by atoms with Crippen molar-refractivity contribution in [2.75, 3.05) is 11.5 Å². The highest BCUT2D eigenvalue weighted by atomic mass is 35.5. The molecule has 1 fully saturated rings. The van der Waals surface area contributed by atoms with Crippen LogP contribution in [0.3, 0.4) is 0 Å². The molecule has 1 amide bonds. The molecule has 1 aliphatic rings. The molecule has 5 nitrogen and oxygen atoms in total. The summed E-state index contributed by atoms with van der Waals surface area (Å²) in [4.78, 5) is 28.7. The molecular formula is C27H26ClNO4S. The van der Waals surface area contributed by atoms with Gasteiger partial charge in [-0.05, 0) is 78.7 Å². The van der Waals surface area contributed by atoms with E-state index in [4.69, 9.17) is 16.3 Å². The van der Waals surface area contributed by atoms with Crippen molar-refractivity contribution in [3.8, 4) is 5.75 Å². The Balaban J connectivity index is 1.83. The van der Waals surface area contributed by atoms with Crippen LogP contribution in [0.15, 0.2) is 59.5 Å². The molecule has 0 spiro atoms. The maximum Gasteiger partial charge on any atom is 0.300 e. The lowest BCUT2D eigenvalue weighted by Crippen LogP contribution is -2.29. The molecule has 1 aromatic heterocycles. The number of amides is 1. The second-order valence-corrected chi connectivity index (χ2v) is 10.2. The van der Waals surface area contributed by atoms with E-state index in [9.17, 15) is 14.7 Å². The number of nitrogens with zero attached hydrogens (tertiary/aromatic N) is 1. The van der Waals surface area contributed by atoms with Crippen molar-refractivity contribution in [1.82, 2.24) is 0 Å². The molecule has 1 N–H and O–H groups in total. The number of rotatable bonds is 6. The molecule has 0 saturated carbocycles. The standard InChI is InChI=1S/C27H26ClNO4S/c1-15(2)14-33-21-10-7-18(12-17(21)4)25(30)23-24(22-6-5-11-34-22)29(27(32)26(23)31)20-9-8-19(28)13-16(20)3/h5-13,15,24,30H,14H2,1-4H3/b25-23-. The van der Waals surface area contributed by atoms with Gasteiger partial charge in [-0.2, -0.15) is 0 Å². The van der Waals surface area contributed by atoms with E-state index in [-0.39, 0.29) is 11.3 Å². The number of ketones is 1. The van der Waals surface area contributed by atoms with Crippen molar-refractivity contribution in [2.24, 2.45) is 5.92 Å². The number of anilines is 1. The van der Waals surface area contributed by atoms with Crippen LogP contribution in [0.4, 0.5) is 5.69 Å². The molecule has 1 atom stereocenters. The minimum atomic E-state index is -0.739. The second-order valence-electron chi connectivity index (χ2n) is 8.80. The summed E-state index contributed by atoms with van der Waals surface area (Å²) >= 11 is 7.55. The summed E-state index contributed by atoms with van der Waals surface area (Å²) in [5, 5.41) is 13.7. The third kappa shape index (κ3) is 4.48. The first-order valence-electron chi connectivity index (χ1n) is 11.0. The van der Waals surface area contributed by atoms with Crippen LogP contribution in [0.1, 0.15) is 41.5 Å². The van der Waals surface area contributed by atoms with E-state index >= 15 is 0 Å². The lowest BCUT2D eigenvalue weighted by atomic mass is 9.98. The molecule has 0 bridgehead atoms. The number of aliphatic hydroxyl groups is 1. The molecule has 3 aromatic rings. The largest absolute Gasteiger partial charge is 0.507 e. The highest BCUT2D eigenvalue weighted by Crippen LogP contribution is 2.44. The van der Waals surface area contributed by atoms with Crippen LogP contribution in [0.2, 0.25) is 5.02 Å². The summed E-state index contributed by atoms with van der Waals surface area (Å²) in [6.07, 6.45) is 0. The van der Waals surface area contributed by atoms with Crippen molar-refractivity contribution in [3.63, 3.8) is 0 Å². The molecule has 34 heavy (non-hydrogen) atoms. The number of aryl methyl sites for hydroxylation is 2. The number of hydrogen-bond donors (Lipinski definition) is 1. The van der Waals surface area contributed by atoms with Crippen molar-refractivity contribution in [3.05, 3.63) is 86.1 Å². The number of Topliss-reactive ketones (excluding diaryl/α,β-unsaturated/α-hetero) is 1. The van der Waals surface area contributed by atoms with E-state index in [0.29, 0.717) is 28.8 Å². The Morgan fingerprint density at radius 2 is 1.88 bits per heavy atom. The van der Waals surface area contributed by atoms with Crippen molar-refractivity contribution in [1.29, 1.82) is 0 Å². The van der Waals surface area contributed by atoms with Gasteiger partial charge in [-0.1, -0.05) is 31.5 Å². The number of carbonyl (C=O) groups excluding carboxylic acids is 2. The van der Waals surface area contributed by atoms with Gasteiger partial charge in [0, 0.05) is 21.2 Å². The summed E-state index contributed by atoms with van der Waals surface area (Å²) in [5.41, 5.74) is 2.70. The zero-order chi connectivity index (χ0) is 24.6. The maximum atomic E-state index is 13.3. The Kier molecular flexibility index (Phi) is 6.82. The highest BCUT2D eigenvalue weighted by molar-refractivity contribution is 7.10. The fourth-order valence-corrected chi connectivity index (χ4v) is 5.11. The van der Waals surface area contributed by atoms with Gasteiger partial charge in [-0.25, -0.2) is 0 Å². The van der Waals surface area contributed by atoms with E-state index in [2.05, 4.69) is 13.8 Å². The summed E-state index contributed by atoms with van der Waals surface area (Å²) < 4.78 is 5.84. The number of halogens is 1. The number of aliphatic hydroxyl groups excluding tert-OH is 1. The van der Waals surface area contributed by atoms with E-state index < -0.39 is 17.7 Å². The summed E-state index contributed by atoms with van der Waals surface area (Å²) in [6, 6.07) is 13.4. The average molecular weight is 496 g/mol. The van der Waals surface area contributed by atoms with Crippen molar-refractivity contribution in [2.45, 2.75) is 33.7 Å². The van der Waals surface area contributed by atoms with Crippen LogP contribution >= 0.6 is 22.9 Å². The summed E-state index contributed by atoms with van der Waals surface area (Å²) in [6.45, 7) is 8.45. The van der Waals surface area contributed by atoms with Crippen molar-refractivity contribution >= 4 is 46.1 Å². The number of benzene rings is 2. The summed E-state index contributed by atoms with van der Waals surface area (Å²) in [5.74, 6) is -0.505. The molecule has 7 heteroatoms. The molecule has 2 heterocycles. The number of hydrogen-bond acceptors (Lipinski definition) is 5.